The van der Waals surface area contributed by atoms with Crippen molar-refractivity contribution in [1.82, 2.24) is 4.90 Å². The third-order valence-electron chi connectivity index (χ3n) is 4.01. The fourth-order valence-electron chi connectivity index (χ4n) is 2.95. The van der Waals surface area contributed by atoms with Gasteiger partial charge in [0.2, 0.25) is 0 Å². The molecule has 2 heterocycles. The zero-order chi connectivity index (χ0) is 20.8. The molecule has 1 fully saturated rings. The van der Waals surface area contributed by atoms with Gasteiger partial charge in [-0.15, -0.1) is 0 Å². The van der Waals surface area contributed by atoms with E-state index in [2.05, 4.69) is 0 Å². The molecule has 0 bridgehead atoms. The Morgan fingerprint density at radius 1 is 1.07 bits per heavy atom. The first kappa shape index (κ1) is 21.4. The van der Waals surface area contributed by atoms with E-state index in [4.69, 9.17) is 23.7 Å². The summed E-state index contributed by atoms with van der Waals surface area (Å²) in [4.78, 5) is 47.8. The van der Waals surface area contributed by atoms with Crippen LogP contribution in [0.3, 0.4) is 0 Å². The number of hydrogen-bond acceptors (Lipinski definition) is 10. The van der Waals surface area contributed by atoms with Crippen molar-refractivity contribution in [2.45, 2.75) is 45.3 Å². The third kappa shape index (κ3) is 5.32. The number of esters is 4. The highest BCUT2D eigenvalue weighted by Crippen LogP contribution is 2.31. The fraction of sp³-hybridized carbons (Fsp3) is 0.556. The van der Waals surface area contributed by atoms with E-state index in [9.17, 15) is 19.2 Å². The molecule has 10 heteroatoms. The SMILES string of the molecule is COC(=O)C1=CN(C2OC(COC(C)=O)C(OC(C)=O)C2OC(C)=O)CC=C1. The van der Waals surface area contributed by atoms with Crippen LogP contribution in [0.25, 0.3) is 0 Å². The molecule has 0 aromatic rings. The number of methoxy groups -OCH3 is 1. The summed E-state index contributed by atoms with van der Waals surface area (Å²) in [6, 6.07) is 0. The molecule has 28 heavy (non-hydrogen) atoms. The lowest BCUT2D eigenvalue weighted by atomic mass is 10.1. The monoisotopic (exact) mass is 397 g/mol. The first-order valence-electron chi connectivity index (χ1n) is 8.58. The summed E-state index contributed by atoms with van der Waals surface area (Å²) in [7, 11) is 1.26. The molecular weight excluding hydrogens is 374 g/mol. The van der Waals surface area contributed by atoms with Crippen molar-refractivity contribution < 1.29 is 42.9 Å². The number of rotatable bonds is 6. The molecule has 10 nitrogen and oxygen atoms in total. The van der Waals surface area contributed by atoms with E-state index in [1.165, 1.54) is 34.1 Å². The van der Waals surface area contributed by atoms with Crippen LogP contribution in [-0.2, 0) is 42.9 Å². The molecule has 0 amide bonds. The van der Waals surface area contributed by atoms with Crippen LogP contribution < -0.4 is 0 Å². The van der Waals surface area contributed by atoms with E-state index in [1.807, 2.05) is 0 Å². The normalized spacial score (nSPS) is 26.3. The Kier molecular flexibility index (Phi) is 7.16. The van der Waals surface area contributed by atoms with E-state index >= 15 is 0 Å². The highest BCUT2D eigenvalue weighted by atomic mass is 16.7. The van der Waals surface area contributed by atoms with Crippen molar-refractivity contribution in [2.24, 2.45) is 0 Å². The van der Waals surface area contributed by atoms with Gasteiger partial charge in [-0.3, -0.25) is 14.4 Å². The Hall–Kier alpha value is -2.88. The van der Waals surface area contributed by atoms with Crippen LogP contribution in [-0.4, -0.2) is 73.6 Å². The van der Waals surface area contributed by atoms with Crippen LogP contribution in [0.5, 0.6) is 0 Å². The molecule has 0 aromatic carbocycles. The lowest BCUT2D eigenvalue weighted by Gasteiger charge is -2.32. The minimum atomic E-state index is -0.997. The van der Waals surface area contributed by atoms with Crippen molar-refractivity contribution >= 4 is 23.9 Å². The van der Waals surface area contributed by atoms with E-state index in [0.717, 1.165) is 0 Å². The molecule has 0 N–H and O–H groups in total. The maximum Gasteiger partial charge on any atom is 0.339 e. The number of hydrogen-bond donors (Lipinski definition) is 0. The minimum absolute atomic E-state index is 0.196. The standard InChI is InChI=1S/C18H23NO9/c1-10(20)25-9-14-15(26-11(2)21)16(27-12(3)22)17(28-14)19-7-5-6-13(8-19)18(23)24-4/h5-6,8,14-17H,7,9H2,1-4H3. The summed E-state index contributed by atoms with van der Waals surface area (Å²) in [5, 5.41) is 0. The van der Waals surface area contributed by atoms with E-state index < -0.39 is 48.4 Å². The zero-order valence-electron chi connectivity index (χ0n) is 16.1. The predicted octanol–water partition coefficient (Wildman–Crippen LogP) is 0.0665. The molecule has 4 unspecified atom stereocenters. The maximum absolute atomic E-state index is 11.8. The largest absolute Gasteiger partial charge is 0.465 e. The van der Waals surface area contributed by atoms with Crippen molar-refractivity contribution in [1.29, 1.82) is 0 Å². The molecule has 2 aliphatic heterocycles. The summed E-state index contributed by atoms with van der Waals surface area (Å²) >= 11 is 0. The number of ether oxygens (including phenoxy) is 5. The number of nitrogens with zero attached hydrogens (tertiary/aromatic N) is 1. The van der Waals surface area contributed by atoms with Gasteiger partial charge in [0.05, 0.1) is 12.7 Å². The quantitative estimate of drug-likeness (QED) is 0.450. The molecule has 0 aromatic heterocycles. The zero-order valence-corrected chi connectivity index (χ0v) is 16.1. The summed E-state index contributed by atoms with van der Waals surface area (Å²) in [5.74, 6) is -2.29. The Morgan fingerprint density at radius 3 is 2.29 bits per heavy atom. The number of carbonyl (C=O) groups is 4. The average molecular weight is 397 g/mol. The first-order valence-corrected chi connectivity index (χ1v) is 8.58. The molecule has 154 valence electrons. The van der Waals surface area contributed by atoms with Gasteiger partial charge in [-0.25, -0.2) is 4.79 Å². The molecule has 4 atom stereocenters. The van der Waals surface area contributed by atoms with Crippen LogP contribution in [0.1, 0.15) is 20.8 Å². The van der Waals surface area contributed by atoms with Gasteiger partial charge in [-0.05, 0) is 6.08 Å². The second-order valence-corrected chi connectivity index (χ2v) is 6.19. The van der Waals surface area contributed by atoms with E-state index in [0.29, 0.717) is 6.54 Å². The smallest absolute Gasteiger partial charge is 0.339 e. The van der Waals surface area contributed by atoms with Gasteiger partial charge < -0.3 is 28.6 Å². The van der Waals surface area contributed by atoms with Crippen molar-refractivity contribution in [3.05, 3.63) is 23.9 Å². The summed E-state index contributed by atoms with van der Waals surface area (Å²) in [5.41, 5.74) is 0.270. The molecule has 2 rings (SSSR count). The van der Waals surface area contributed by atoms with Crippen LogP contribution in [0.4, 0.5) is 0 Å². The van der Waals surface area contributed by atoms with Crippen molar-refractivity contribution in [2.75, 3.05) is 20.3 Å². The Balaban J connectivity index is 2.31. The highest BCUT2D eigenvalue weighted by Gasteiger charge is 2.51. The summed E-state index contributed by atoms with van der Waals surface area (Å²) in [6.07, 6.45) is 1.08. The van der Waals surface area contributed by atoms with Crippen LogP contribution in [0.2, 0.25) is 0 Å². The minimum Gasteiger partial charge on any atom is -0.465 e. The molecular formula is C18H23NO9. The van der Waals surface area contributed by atoms with Crippen molar-refractivity contribution in [3.8, 4) is 0 Å². The van der Waals surface area contributed by atoms with Gasteiger partial charge in [-0.2, -0.15) is 0 Å². The third-order valence-corrected chi connectivity index (χ3v) is 4.01. The van der Waals surface area contributed by atoms with Crippen LogP contribution in [0.15, 0.2) is 23.9 Å². The first-order chi connectivity index (χ1) is 13.2. The average Bonchev–Trinajstić information content (AvgIpc) is 2.95. The van der Waals surface area contributed by atoms with Gasteiger partial charge in [-0.1, -0.05) is 6.08 Å². The highest BCUT2D eigenvalue weighted by molar-refractivity contribution is 5.91. The van der Waals surface area contributed by atoms with Crippen LogP contribution in [0, 0.1) is 0 Å². The van der Waals surface area contributed by atoms with Crippen LogP contribution >= 0.6 is 0 Å². The number of carbonyl (C=O) groups excluding carboxylic acids is 4. The Morgan fingerprint density at radius 2 is 1.71 bits per heavy atom. The predicted molar refractivity (Wildman–Crippen MR) is 92.3 cm³/mol. The second-order valence-electron chi connectivity index (χ2n) is 6.19. The van der Waals surface area contributed by atoms with Gasteiger partial charge in [0.15, 0.2) is 18.4 Å². The molecule has 2 aliphatic rings. The van der Waals surface area contributed by atoms with E-state index in [1.54, 1.807) is 17.1 Å². The molecule has 1 saturated heterocycles. The molecule has 0 spiro atoms. The Bertz CT molecular complexity index is 699. The van der Waals surface area contributed by atoms with E-state index in [-0.39, 0.29) is 12.2 Å². The van der Waals surface area contributed by atoms with Gasteiger partial charge in [0.25, 0.3) is 0 Å². The molecule has 0 aliphatic carbocycles. The van der Waals surface area contributed by atoms with Gasteiger partial charge in [0, 0.05) is 33.5 Å². The van der Waals surface area contributed by atoms with Gasteiger partial charge >= 0.3 is 23.9 Å². The lowest BCUT2D eigenvalue weighted by Crippen LogP contribution is -2.46. The fourth-order valence-corrected chi connectivity index (χ4v) is 2.95. The van der Waals surface area contributed by atoms with Gasteiger partial charge in [0.1, 0.15) is 12.7 Å². The summed E-state index contributed by atoms with van der Waals surface area (Å²) in [6.45, 7) is 3.81. The summed E-state index contributed by atoms with van der Waals surface area (Å²) < 4.78 is 26.3. The second kappa shape index (κ2) is 9.36. The van der Waals surface area contributed by atoms with Crippen molar-refractivity contribution in [3.63, 3.8) is 0 Å². The topological polar surface area (TPSA) is 118 Å². The maximum atomic E-state index is 11.8. The Labute approximate surface area is 162 Å². The lowest BCUT2D eigenvalue weighted by molar-refractivity contribution is -0.167. The molecule has 0 saturated carbocycles. The molecule has 0 radical (unpaired) electrons.